The molecule has 0 saturated heterocycles. The smallest absolute Gasteiger partial charge is 0.341 e. The molecule has 0 aromatic heterocycles. The summed E-state index contributed by atoms with van der Waals surface area (Å²) in [5.74, 6) is 0.700. The van der Waals surface area contributed by atoms with Crippen LogP contribution in [0.25, 0.3) is 0 Å². The van der Waals surface area contributed by atoms with E-state index >= 15 is 0 Å². The first-order valence-corrected chi connectivity index (χ1v) is 11.3. The van der Waals surface area contributed by atoms with Crippen molar-refractivity contribution in [2.24, 2.45) is 0 Å². The van der Waals surface area contributed by atoms with Crippen LogP contribution in [-0.2, 0) is 17.6 Å². The maximum absolute atomic E-state index is 10.7. The number of carboxylic acid groups (broad SMARTS) is 1. The van der Waals surface area contributed by atoms with Crippen molar-refractivity contribution in [3.05, 3.63) is 88.4 Å². The van der Waals surface area contributed by atoms with Gasteiger partial charge in [0.2, 0.25) is 0 Å². The van der Waals surface area contributed by atoms with Crippen molar-refractivity contribution < 1.29 is 24.5 Å². The molecule has 8 heteroatoms. The summed E-state index contributed by atoms with van der Waals surface area (Å²) >= 11 is 6.03. The summed E-state index contributed by atoms with van der Waals surface area (Å²) in [4.78, 5) is 10.7. The van der Waals surface area contributed by atoms with Gasteiger partial charge in [-0.05, 0) is 72.4 Å². The van der Waals surface area contributed by atoms with Crippen molar-refractivity contribution in [3.63, 3.8) is 0 Å². The lowest BCUT2D eigenvalue weighted by atomic mass is 9.88. The molecule has 0 heterocycles. The van der Waals surface area contributed by atoms with Gasteiger partial charge in [-0.1, -0.05) is 35.9 Å². The zero-order valence-corrected chi connectivity index (χ0v) is 20.0. The van der Waals surface area contributed by atoms with Crippen LogP contribution in [0.15, 0.2) is 66.7 Å². The van der Waals surface area contributed by atoms with Crippen molar-refractivity contribution in [2.75, 3.05) is 13.2 Å². The van der Waals surface area contributed by atoms with Gasteiger partial charge in [0.15, 0.2) is 6.61 Å². The van der Waals surface area contributed by atoms with E-state index in [1.165, 1.54) is 11.1 Å². The highest BCUT2D eigenvalue weighted by Gasteiger charge is 2.20. The first-order valence-electron chi connectivity index (χ1n) is 10.9. The number of hydrogen-bond acceptors (Lipinski definition) is 5. The lowest BCUT2D eigenvalue weighted by Gasteiger charge is -2.27. The molecule has 180 valence electrons. The van der Waals surface area contributed by atoms with Crippen molar-refractivity contribution in [1.82, 2.24) is 5.32 Å². The molecule has 0 unspecified atom stereocenters. The summed E-state index contributed by atoms with van der Waals surface area (Å²) in [5.41, 5.74) is 3.32. The largest absolute Gasteiger partial charge is 0.482 e. The average Bonchev–Trinajstić information content (AvgIpc) is 2.81. The second-order valence-corrected chi connectivity index (χ2v) is 8.55. The molecule has 3 N–H and O–H groups in total. The number of benzene rings is 3. The summed E-state index contributed by atoms with van der Waals surface area (Å²) < 4.78 is 11.2. The first kappa shape index (κ1) is 25.8. The molecule has 34 heavy (non-hydrogen) atoms. The third kappa shape index (κ3) is 7.11. The zero-order valence-electron chi connectivity index (χ0n) is 18.4. The number of fused-ring (bicyclic) bond motifs is 1. The Morgan fingerprint density at radius 3 is 2.59 bits per heavy atom. The van der Waals surface area contributed by atoms with Crippen molar-refractivity contribution in [2.45, 2.75) is 31.4 Å². The van der Waals surface area contributed by atoms with Crippen LogP contribution in [0.5, 0.6) is 17.2 Å². The van der Waals surface area contributed by atoms with Gasteiger partial charge in [-0.2, -0.15) is 0 Å². The molecule has 3 aromatic rings. The Morgan fingerprint density at radius 2 is 1.79 bits per heavy atom. The van der Waals surface area contributed by atoms with Crippen LogP contribution in [0.1, 0.15) is 29.2 Å². The number of aliphatic carboxylic acids is 1. The average molecular weight is 504 g/mol. The van der Waals surface area contributed by atoms with Crippen LogP contribution in [0, 0.1) is 0 Å². The molecule has 6 nitrogen and oxygen atoms in total. The third-order valence-electron chi connectivity index (χ3n) is 5.64. The molecular weight excluding hydrogens is 477 g/mol. The van der Waals surface area contributed by atoms with Crippen molar-refractivity contribution in [1.29, 1.82) is 0 Å². The first-order chi connectivity index (χ1) is 16.0. The predicted octanol–water partition coefficient (Wildman–Crippen LogP) is 5.20. The van der Waals surface area contributed by atoms with Crippen molar-refractivity contribution >= 4 is 30.0 Å². The Labute approximate surface area is 209 Å². The second-order valence-electron chi connectivity index (χ2n) is 8.11. The molecular formula is C26H27Cl2NO5. The lowest BCUT2D eigenvalue weighted by Crippen LogP contribution is -2.37. The molecule has 0 amide bonds. The number of hydrogen-bond donors (Lipinski definition) is 3. The highest BCUT2D eigenvalue weighted by atomic mass is 35.5. The number of nitrogens with one attached hydrogen (secondary N) is 1. The molecule has 1 aliphatic rings. The van der Waals surface area contributed by atoms with Crippen LogP contribution in [0.4, 0.5) is 0 Å². The minimum atomic E-state index is -1.03. The van der Waals surface area contributed by atoms with E-state index in [0.29, 0.717) is 28.8 Å². The Balaban J connectivity index is 0.00000324. The normalized spacial score (nSPS) is 15.5. The number of halogens is 2. The Morgan fingerprint density at radius 1 is 1.03 bits per heavy atom. The van der Waals surface area contributed by atoms with Crippen LogP contribution >= 0.6 is 24.0 Å². The van der Waals surface area contributed by atoms with E-state index in [9.17, 15) is 9.90 Å². The number of aliphatic hydroxyl groups excluding tert-OH is 1. The summed E-state index contributed by atoms with van der Waals surface area (Å²) in [6.45, 7) is 0.0579. The molecule has 0 bridgehead atoms. The number of carboxylic acids is 1. The monoisotopic (exact) mass is 503 g/mol. The Bertz CT molecular complexity index is 1120. The Kier molecular flexibility index (Phi) is 9.19. The highest BCUT2D eigenvalue weighted by Crippen LogP contribution is 2.30. The quantitative estimate of drug-likeness (QED) is 0.372. The molecule has 0 saturated carbocycles. The van der Waals surface area contributed by atoms with E-state index in [2.05, 4.69) is 11.4 Å². The standard InChI is InChI=1S/C26H26ClNO5.ClH/c27-20-4-1-3-18(11-20)25(29)15-28-21-9-7-17-8-10-24(13-19(17)12-21)33-23-6-2-5-22(14-23)32-16-26(30)31;/h1-6,8,10-11,13-14,21,25,28-29H,7,9,12,15-16H2,(H,30,31);1H/t21-,25+;/m0./s1. The topological polar surface area (TPSA) is 88.0 Å². The summed E-state index contributed by atoms with van der Waals surface area (Å²) in [7, 11) is 0. The van der Waals surface area contributed by atoms with E-state index in [-0.39, 0.29) is 18.4 Å². The number of rotatable bonds is 9. The van der Waals surface area contributed by atoms with E-state index < -0.39 is 18.7 Å². The van der Waals surface area contributed by atoms with E-state index in [1.54, 1.807) is 36.4 Å². The fourth-order valence-electron chi connectivity index (χ4n) is 3.99. The lowest BCUT2D eigenvalue weighted by molar-refractivity contribution is -0.139. The molecule has 0 fully saturated rings. The van der Waals surface area contributed by atoms with E-state index in [4.69, 9.17) is 26.2 Å². The van der Waals surface area contributed by atoms with Gasteiger partial charge < -0.3 is 25.0 Å². The van der Waals surface area contributed by atoms with Gasteiger partial charge >= 0.3 is 5.97 Å². The number of ether oxygens (including phenoxy) is 2. The zero-order chi connectivity index (χ0) is 23.2. The minimum absolute atomic E-state index is 0. The van der Waals surface area contributed by atoms with Gasteiger partial charge in [0.05, 0.1) is 6.10 Å². The molecule has 0 radical (unpaired) electrons. The van der Waals surface area contributed by atoms with Crippen LogP contribution < -0.4 is 14.8 Å². The summed E-state index contributed by atoms with van der Waals surface area (Å²) in [5, 5.41) is 23.4. The molecule has 4 rings (SSSR count). The van der Waals surface area contributed by atoms with Gasteiger partial charge in [0.1, 0.15) is 17.2 Å². The van der Waals surface area contributed by atoms with Crippen LogP contribution in [0.3, 0.4) is 0 Å². The van der Waals surface area contributed by atoms with E-state index in [0.717, 1.165) is 24.8 Å². The van der Waals surface area contributed by atoms with Gasteiger partial charge in [-0.3, -0.25) is 0 Å². The number of aryl methyl sites for hydroxylation is 1. The molecule has 1 aliphatic carbocycles. The molecule has 0 aliphatic heterocycles. The highest BCUT2D eigenvalue weighted by molar-refractivity contribution is 6.30. The SMILES string of the molecule is Cl.O=C(O)COc1cccc(Oc2ccc3c(c2)C[C@@H](NC[C@@H](O)c2cccc(Cl)c2)CC3)c1. The molecule has 0 spiro atoms. The summed E-state index contributed by atoms with van der Waals surface area (Å²) in [6, 6.07) is 20.6. The fraction of sp³-hybridized carbons (Fsp3) is 0.269. The van der Waals surface area contributed by atoms with E-state index in [1.807, 2.05) is 24.3 Å². The fourth-order valence-corrected chi connectivity index (χ4v) is 4.19. The van der Waals surface area contributed by atoms with Gasteiger partial charge in [-0.25, -0.2) is 4.79 Å². The number of aliphatic hydroxyl groups is 1. The summed E-state index contributed by atoms with van der Waals surface area (Å²) in [6.07, 6.45) is 2.18. The Hall–Kier alpha value is -2.77. The predicted molar refractivity (Wildman–Crippen MR) is 134 cm³/mol. The van der Waals surface area contributed by atoms with Gasteiger partial charge in [0, 0.05) is 23.7 Å². The van der Waals surface area contributed by atoms with Gasteiger partial charge in [-0.15, -0.1) is 12.4 Å². The second kappa shape index (κ2) is 12.1. The minimum Gasteiger partial charge on any atom is -0.482 e. The van der Waals surface area contributed by atoms with Crippen LogP contribution in [-0.4, -0.2) is 35.4 Å². The third-order valence-corrected chi connectivity index (χ3v) is 5.88. The van der Waals surface area contributed by atoms with Crippen molar-refractivity contribution in [3.8, 4) is 17.2 Å². The maximum atomic E-state index is 10.7. The van der Waals surface area contributed by atoms with Crippen LogP contribution in [0.2, 0.25) is 5.02 Å². The molecule has 3 aromatic carbocycles. The van der Waals surface area contributed by atoms with Gasteiger partial charge in [0.25, 0.3) is 0 Å². The molecule has 2 atom stereocenters. The number of carbonyl (C=O) groups is 1. The maximum Gasteiger partial charge on any atom is 0.341 e.